The minimum Gasteiger partial charge on any atom is -0.493 e. The highest BCUT2D eigenvalue weighted by atomic mass is 16.5. The van der Waals surface area contributed by atoms with Crippen molar-refractivity contribution in [3.05, 3.63) is 65.9 Å². The first-order valence-corrected chi connectivity index (χ1v) is 11.2. The van der Waals surface area contributed by atoms with Crippen molar-refractivity contribution in [2.24, 2.45) is 5.92 Å². The maximum atomic E-state index is 13.5. The summed E-state index contributed by atoms with van der Waals surface area (Å²) in [5, 5.41) is 0. The zero-order valence-electron chi connectivity index (χ0n) is 18.9. The lowest BCUT2D eigenvalue weighted by atomic mass is 10.0. The van der Waals surface area contributed by atoms with Crippen molar-refractivity contribution in [3.63, 3.8) is 0 Å². The molecule has 4 rings (SSSR count). The Balaban J connectivity index is 1.68. The minimum atomic E-state index is -0.285. The fourth-order valence-corrected chi connectivity index (χ4v) is 4.05. The van der Waals surface area contributed by atoms with E-state index in [0.717, 1.165) is 24.3 Å². The molecule has 168 valence electrons. The molecule has 2 heterocycles. The van der Waals surface area contributed by atoms with Gasteiger partial charge in [-0.2, -0.15) is 0 Å². The van der Waals surface area contributed by atoms with Crippen LogP contribution in [0.1, 0.15) is 32.3 Å². The van der Waals surface area contributed by atoms with Crippen LogP contribution in [0.2, 0.25) is 0 Å². The van der Waals surface area contributed by atoms with Gasteiger partial charge in [-0.3, -0.25) is 14.5 Å². The van der Waals surface area contributed by atoms with Gasteiger partial charge in [0.15, 0.2) is 0 Å². The summed E-state index contributed by atoms with van der Waals surface area (Å²) in [6, 6.07) is 17.0. The highest BCUT2D eigenvalue weighted by Gasteiger charge is 2.42. The van der Waals surface area contributed by atoms with Crippen molar-refractivity contribution in [1.82, 2.24) is 4.90 Å². The molecule has 2 amide bonds. The Morgan fingerprint density at radius 3 is 2.41 bits per heavy atom. The third kappa shape index (κ3) is 4.55. The second-order valence-corrected chi connectivity index (χ2v) is 8.70. The number of anilines is 1. The van der Waals surface area contributed by atoms with Crippen LogP contribution in [0, 0.1) is 5.92 Å². The van der Waals surface area contributed by atoms with E-state index in [1.165, 1.54) is 4.90 Å². The van der Waals surface area contributed by atoms with E-state index in [-0.39, 0.29) is 24.5 Å². The van der Waals surface area contributed by atoms with Crippen molar-refractivity contribution >= 4 is 23.1 Å². The lowest BCUT2D eigenvalue weighted by Crippen LogP contribution is -2.39. The number of para-hydroxylation sites is 1. The summed E-state index contributed by atoms with van der Waals surface area (Å²) in [7, 11) is 1.82. The summed E-state index contributed by atoms with van der Waals surface area (Å²) >= 11 is 0. The lowest BCUT2D eigenvalue weighted by Gasteiger charge is -2.22. The van der Waals surface area contributed by atoms with Gasteiger partial charge in [-0.05, 0) is 48.6 Å². The van der Waals surface area contributed by atoms with Gasteiger partial charge in [0.1, 0.15) is 11.4 Å². The fraction of sp³-hybridized carbons (Fsp3) is 0.385. The second-order valence-electron chi connectivity index (χ2n) is 8.70. The Bertz CT molecular complexity index is 992. The van der Waals surface area contributed by atoms with E-state index in [1.807, 2.05) is 61.6 Å². The third-order valence-electron chi connectivity index (χ3n) is 5.76. The molecular weight excluding hydrogens is 404 g/mol. The maximum absolute atomic E-state index is 13.5. The van der Waals surface area contributed by atoms with Crippen LogP contribution in [0.3, 0.4) is 0 Å². The number of benzene rings is 2. The summed E-state index contributed by atoms with van der Waals surface area (Å²) < 4.78 is 11.5. The van der Waals surface area contributed by atoms with E-state index in [0.29, 0.717) is 36.0 Å². The standard InChI is InChI=1S/C26H30N2O4/c1-18(2)17-32-21-13-11-19(12-14-21)23-24(27(3)20-8-5-4-6-9-20)26(30)28(25(23)29)16-22-10-7-15-31-22/h4-6,8-9,11-14,18,22H,7,10,15-17H2,1-3H3. The van der Waals surface area contributed by atoms with Crippen LogP contribution in [0.15, 0.2) is 60.3 Å². The summed E-state index contributed by atoms with van der Waals surface area (Å²) in [5.41, 5.74) is 2.34. The van der Waals surface area contributed by atoms with Crippen LogP contribution < -0.4 is 9.64 Å². The summed E-state index contributed by atoms with van der Waals surface area (Å²) in [6.45, 7) is 5.77. The average Bonchev–Trinajstić information content (AvgIpc) is 3.40. The minimum absolute atomic E-state index is 0.0997. The molecule has 0 aliphatic carbocycles. The topological polar surface area (TPSA) is 59.1 Å². The Hall–Kier alpha value is -3.12. The van der Waals surface area contributed by atoms with Crippen molar-refractivity contribution in [1.29, 1.82) is 0 Å². The molecule has 6 nitrogen and oxygen atoms in total. The number of amides is 2. The van der Waals surface area contributed by atoms with E-state index in [9.17, 15) is 9.59 Å². The Morgan fingerprint density at radius 1 is 1.06 bits per heavy atom. The lowest BCUT2D eigenvalue weighted by molar-refractivity contribution is -0.138. The predicted octanol–water partition coefficient (Wildman–Crippen LogP) is 4.12. The second kappa shape index (κ2) is 9.57. The molecule has 1 atom stereocenters. The number of imide groups is 1. The molecule has 2 aromatic rings. The van der Waals surface area contributed by atoms with Crippen molar-refractivity contribution < 1.29 is 19.1 Å². The van der Waals surface area contributed by atoms with Gasteiger partial charge >= 0.3 is 0 Å². The number of ether oxygens (including phenoxy) is 2. The van der Waals surface area contributed by atoms with Crippen LogP contribution in [-0.4, -0.2) is 49.6 Å². The third-order valence-corrected chi connectivity index (χ3v) is 5.76. The number of carbonyl (C=O) groups excluding carboxylic acids is 2. The Labute approximate surface area is 189 Å². The van der Waals surface area contributed by atoms with Crippen LogP contribution in [-0.2, 0) is 14.3 Å². The van der Waals surface area contributed by atoms with Crippen LogP contribution in [0.25, 0.3) is 5.57 Å². The van der Waals surface area contributed by atoms with E-state index in [4.69, 9.17) is 9.47 Å². The van der Waals surface area contributed by atoms with E-state index in [2.05, 4.69) is 13.8 Å². The molecule has 0 spiro atoms. The maximum Gasteiger partial charge on any atom is 0.278 e. The molecule has 0 N–H and O–H groups in total. The van der Waals surface area contributed by atoms with Crippen molar-refractivity contribution in [2.45, 2.75) is 32.8 Å². The van der Waals surface area contributed by atoms with E-state index in [1.54, 1.807) is 4.90 Å². The Morgan fingerprint density at radius 2 is 1.78 bits per heavy atom. The molecule has 1 saturated heterocycles. The fourth-order valence-electron chi connectivity index (χ4n) is 4.05. The summed E-state index contributed by atoms with van der Waals surface area (Å²) in [6.07, 6.45) is 1.71. The summed E-state index contributed by atoms with van der Waals surface area (Å²) in [4.78, 5) is 30.1. The number of nitrogens with zero attached hydrogens (tertiary/aromatic N) is 2. The molecule has 6 heteroatoms. The number of rotatable bonds is 8. The molecule has 0 radical (unpaired) electrons. The molecule has 0 saturated carbocycles. The van der Waals surface area contributed by atoms with Crippen LogP contribution in [0.4, 0.5) is 5.69 Å². The molecular formula is C26H30N2O4. The van der Waals surface area contributed by atoms with Gasteiger partial charge in [-0.15, -0.1) is 0 Å². The zero-order chi connectivity index (χ0) is 22.7. The van der Waals surface area contributed by atoms with Gasteiger partial charge in [0, 0.05) is 19.3 Å². The molecule has 2 aliphatic heterocycles. The SMILES string of the molecule is CC(C)COc1ccc(C2=C(N(C)c3ccccc3)C(=O)N(CC3CCCO3)C2=O)cc1. The molecule has 32 heavy (non-hydrogen) atoms. The average molecular weight is 435 g/mol. The van der Waals surface area contributed by atoms with Gasteiger partial charge < -0.3 is 14.4 Å². The zero-order valence-corrected chi connectivity index (χ0v) is 18.9. The van der Waals surface area contributed by atoms with Gasteiger partial charge in [-0.25, -0.2) is 0 Å². The monoisotopic (exact) mass is 434 g/mol. The largest absolute Gasteiger partial charge is 0.493 e. The van der Waals surface area contributed by atoms with Crippen LogP contribution in [0.5, 0.6) is 5.75 Å². The number of hydrogen-bond acceptors (Lipinski definition) is 5. The smallest absolute Gasteiger partial charge is 0.278 e. The normalized spacial score (nSPS) is 18.8. The Kier molecular flexibility index (Phi) is 6.61. The molecule has 0 aromatic heterocycles. The van der Waals surface area contributed by atoms with Crippen molar-refractivity contribution in [2.75, 3.05) is 31.7 Å². The van der Waals surface area contributed by atoms with Crippen LogP contribution >= 0.6 is 0 Å². The number of hydrogen-bond donors (Lipinski definition) is 0. The highest BCUT2D eigenvalue weighted by Crippen LogP contribution is 2.34. The first-order valence-electron chi connectivity index (χ1n) is 11.2. The van der Waals surface area contributed by atoms with Crippen molar-refractivity contribution in [3.8, 4) is 5.75 Å². The number of likely N-dealkylation sites (N-methyl/N-ethyl adjacent to an activating group) is 1. The predicted molar refractivity (Wildman–Crippen MR) is 124 cm³/mol. The first kappa shape index (κ1) is 22.1. The van der Waals surface area contributed by atoms with Gasteiger partial charge in [0.2, 0.25) is 0 Å². The summed E-state index contributed by atoms with van der Waals surface area (Å²) in [5.74, 6) is 0.601. The van der Waals surface area contributed by atoms with Gasteiger partial charge in [0.05, 0.1) is 24.8 Å². The quantitative estimate of drug-likeness (QED) is 0.585. The van der Waals surface area contributed by atoms with E-state index >= 15 is 0 Å². The highest BCUT2D eigenvalue weighted by molar-refractivity contribution is 6.36. The first-order chi connectivity index (χ1) is 15.5. The van der Waals surface area contributed by atoms with E-state index < -0.39 is 0 Å². The molecule has 2 aromatic carbocycles. The molecule has 1 fully saturated rings. The van der Waals surface area contributed by atoms with Gasteiger partial charge in [-0.1, -0.05) is 44.2 Å². The molecule has 1 unspecified atom stereocenters. The van der Waals surface area contributed by atoms with Gasteiger partial charge in [0.25, 0.3) is 11.8 Å². The number of carbonyl (C=O) groups is 2. The molecule has 2 aliphatic rings. The molecule has 0 bridgehead atoms.